The SMILES string of the molecule is Oc1ccc(CNc2c(Br)cc(Br)cc2Br)cc1F. The van der Waals surface area contributed by atoms with Crippen LogP contribution in [-0.4, -0.2) is 5.11 Å². The van der Waals surface area contributed by atoms with Gasteiger partial charge in [0.25, 0.3) is 0 Å². The van der Waals surface area contributed by atoms with Crippen LogP contribution >= 0.6 is 47.8 Å². The minimum Gasteiger partial charge on any atom is -0.505 e. The molecule has 2 aromatic carbocycles. The largest absolute Gasteiger partial charge is 0.505 e. The van der Waals surface area contributed by atoms with Gasteiger partial charge in [0.05, 0.1) is 5.69 Å². The normalized spacial score (nSPS) is 10.5. The van der Waals surface area contributed by atoms with Crippen LogP contribution in [0.15, 0.2) is 43.7 Å². The summed E-state index contributed by atoms with van der Waals surface area (Å²) in [5.41, 5.74) is 1.63. The Balaban J connectivity index is 2.16. The number of benzene rings is 2. The van der Waals surface area contributed by atoms with Crippen molar-refractivity contribution in [3.63, 3.8) is 0 Å². The predicted octanol–water partition coefficient (Wildman–Crippen LogP) is 5.43. The smallest absolute Gasteiger partial charge is 0.165 e. The van der Waals surface area contributed by atoms with Gasteiger partial charge in [-0.15, -0.1) is 0 Å². The third kappa shape index (κ3) is 3.70. The van der Waals surface area contributed by atoms with Gasteiger partial charge >= 0.3 is 0 Å². The molecule has 100 valence electrons. The van der Waals surface area contributed by atoms with Crippen LogP contribution in [0.4, 0.5) is 10.1 Å². The number of rotatable bonds is 3. The molecule has 19 heavy (non-hydrogen) atoms. The van der Waals surface area contributed by atoms with Crippen molar-refractivity contribution in [3.05, 3.63) is 55.1 Å². The van der Waals surface area contributed by atoms with Crippen LogP contribution in [0.5, 0.6) is 5.75 Å². The quantitative estimate of drug-likeness (QED) is 0.649. The molecule has 0 aromatic heterocycles. The minimum absolute atomic E-state index is 0.338. The van der Waals surface area contributed by atoms with Crippen molar-refractivity contribution in [2.24, 2.45) is 0 Å². The lowest BCUT2D eigenvalue weighted by molar-refractivity contribution is 0.432. The zero-order valence-electron chi connectivity index (χ0n) is 9.55. The molecule has 0 spiro atoms. The summed E-state index contributed by atoms with van der Waals surface area (Å²) < 4.78 is 16.0. The first-order valence-corrected chi connectivity index (χ1v) is 7.71. The van der Waals surface area contributed by atoms with E-state index in [0.29, 0.717) is 6.54 Å². The number of hydrogen-bond donors (Lipinski definition) is 2. The number of hydrogen-bond acceptors (Lipinski definition) is 2. The van der Waals surface area contributed by atoms with Crippen LogP contribution < -0.4 is 5.32 Å². The first-order chi connectivity index (χ1) is 8.97. The van der Waals surface area contributed by atoms with E-state index in [1.807, 2.05) is 12.1 Å². The molecule has 0 saturated heterocycles. The summed E-state index contributed by atoms with van der Waals surface area (Å²) in [6.07, 6.45) is 0. The molecular formula is C13H9Br3FNO. The summed E-state index contributed by atoms with van der Waals surface area (Å²) in [4.78, 5) is 0. The molecule has 2 nitrogen and oxygen atoms in total. The minimum atomic E-state index is -0.617. The molecule has 6 heteroatoms. The van der Waals surface area contributed by atoms with Crippen LogP contribution in [0.3, 0.4) is 0 Å². The monoisotopic (exact) mass is 451 g/mol. The fourth-order valence-electron chi connectivity index (χ4n) is 1.56. The van der Waals surface area contributed by atoms with Crippen molar-refractivity contribution < 1.29 is 9.50 Å². The van der Waals surface area contributed by atoms with Gasteiger partial charge in [-0.1, -0.05) is 22.0 Å². The summed E-state index contributed by atoms with van der Waals surface area (Å²) >= 11 is 10.3. The maximum absolute atomic E-state index is 13.2. The van der Waals surface area contributed by atoms with E-state index in [-0.39, 0.29) is 5.75 Å². The molecular weight excluding hydrogens is 445 g/mol. The number of halogens is 4. The van der Waals surface area contributed by atoms with Crippen molar-refractivity contribution >= 4 is 53.5 Å². The highest BCUT2D eigenvalue weighted by atomic mass is 79.9. The highest BCUT2D eigenvalue weighted by molar-refractivity contribution is 9.11. The Hall–Kier alpha value is -0.590. The lowest BCUT2D eigenvalue weighted by atomic mass is 10.2. The predicted molar refractivity (Wildman–Crippen MR) is 84.9 cm³/mol. The fraction of sp³-hybridized carbons (Fsp3) is 0.0769. The van der Waals surface area contributed by atoms with Crippen LogP contribution in [-0.2, 0) is 6.54 Å². The zero-order chi connectivity index (χ0) is 14.0. The van der Waals surface area contributed by atoms with Crippen molar-refractivity contribution in [1.29, 1.82) is 0 Å². The first kappa shape index (κ1) is 14.8. The lowest BCUT2D eigenvalue weighted by Gasteiger charge is -2.12. The Morgan fingerprint density at radius 3 is 2.26 bits per heavy atom. The van der Waals surface area contributed by atoms with Gasteiger partial charge in [0.15, 0.2) is 11.6 Å². The average molecular weight is 454 g/mol. The van der Waals surface area contributed by atoms with Gasteiger partial charge in [-0.25, -0.2) is 4.39 Å². The molecule has 0 saturated carbocycles. The van der Waals surface area contributed by atoms with Gasteiger partial charge in [-0.2, -0.15) is 0 Å². The van der Waals surface area contributed by atoms with E-state index in [1.165, 1.54) is 12.1 Å². The topological polar surface area (TPSA) is 32.3 Å². The molecule has 0 radical (unpaired) electrons. The Morgan fingerprint density at radius 2 is 1.68 bits per heavy atom. The molecule has 0 aliphatic rings. The molecule has 0 unspecified atom stereocenters. The summed E-state index contributed by atoms with van der Waals surface area (Å²) in [7, 11) is 0. The standard InChI is InChI=1S/C13H9Br3FNO/c14-8-4-9(15)13(10(16)5-8)18-6-7-1-2-12(19)11(17)3-7/h1-5,18-19H,6H2. The summed E-state index contributed by atoms with van der Waals surface area (Å²) in [6.45, 7) is 0.454. The average Bonchev–Trinajstić information content (AvgIpc) is 2.32. The molecule has 0 heterocycles. The number of anilines is 1. The summed E-state index contributed by atoms with van der Waals surface area (Å²) in [5, 5.41) is 12.3. The van der Waals surface area contributed by atoms with Crippen molar-refractivity contribution in [2.75, 3.05) is 5.32 Å². The molecule has 2 N–H and O–H groups in total. The van der Waals surface area contributed by atoms with E-state index < -0.39 is 5.82 Å². The van der Waals surface area contributed by atoms with Gasteiger partial charge in [0.1, 0.15) is 0 Å². The second-order valence-electron chi connectivity index (χ2n) is 3.88. The van der Waals surface area contributed by atoms with E-state index >= 15 is 0 Å². The van der Waals surface area contributed by atoms with Crippen LogP contribution in [0.2, 0.25) is 0 Å². The number of nitrogens with one attached hydrogen (secondary N) is 1. The van der Waals surface area contributed by atoms with Gasteiger partial charge in [-0.3, -0.25) is 0 Å². The van der Waals surface area contributed by atoms with E-state index in [0.717, 1.165) is 24.7 Å². The highest BCUT2D eigenvalue weighted by Gasteiger charge is 2.07. The number of phenols is 1. The van der Waals surface area contributed by atoms with E-state index in [9.17, 15) is 4.39 Å². The second kappa shape index (κ2) is 6.24. The third-order valence-electron chi connectivity index (χ3n) is 2.49. The molecule has 0 bridgehead atoms. The van der Waals surface area contributed by atoms with E-state index in [2.05, 4.69) is 53.1 Å². The molecule has 2 aromatic rings. The molecule has 0 aliphatic carbocycles. The Kier molecular flexibility index (Phi) is 4.86. The van der Waals surface area contributed by atoms with E-state index in [4.69, 9.17) is 5.11 Å². The van der Waals surface area contributed by atoms with Gasteiger partial charge < -0.3 is 10.4 Å². The number of phenolic OH excluding ortho intramolecular Hbond substituents is 1. The molecule has 0 aliphatic heterocycles. The van der Waals surface area contributed by atoms with Crippen molar-refractivity contribution in [3.8, 4) is 5.75 Å². The molecule has 0 atom stereocenters. The lowest BCUT2D eigenvalue weighted by Crippen LogP contribution is -2.01. The maximum atomic E-state index is 13.2. The van der Waals surface area contributed by atoms with Crippen molar-refractivity contribution in [2.45, 2.75) is 6.54 Å². The van der Waals surface area contributed by atoms with Gasteiger partial charge in [-0.05, 0) is 61.7 Å². The highest BCUT2D eigenvalue weighted by Crippen LogP contribution is 2.34. The molecule has 0 fully saturated rings. The molecule has 2 rings (SSSR count). The summed E-state index contributed by atoms with van der Waals surface area (Å²) in [5.74, 6) is -0.956. The number of aromatic hydroxyl groups is 1. The zero-order valence-corrected chi connectivity index (χ0v) is 14.3. The Bertz CT molecular complexity index is 596. The third-order valence-corrected chi connectivity index (χ3v) is 4.20. The van der Waals surface area contributed by atoms with Crippen molar-refractivity contribution in [1.82, 2.24) is 0 Å². The van der Waals surface area contributed by atoms with Crippen LogP contribution in [0.1, 0.15) is 5.56 Å². The summed E-state index contributed by atoms with van der Waals surface area (Å²) in [6, 6.07) is 8.17. The Labute approximate surface area is 135 Å². The molecule has 0 amide bonds. The first-order valence-electron chi connectivity index (χ1n) is 5.33. The van der Waals surface area contributed by atoms with Crippen LogP contribution in [0, 0.1) is 5.82 Å². The van der Waals surface area contributed by atoms with Crippen LogP contribution in [0.25, 0.3) is 0 Å². The van der Waals surface area contributed by atoms with E-state index in [1.54, 1.807) is 6.07 Å². The van der Waals surface area contributed by atoms with Gasteiger partial charge in [0.2, 0.25) is 0 Å². The fourth-order valence-corrected chi connectivity index (χ4v) is 4.10. The maximum Gasteiger partial charge on any atom is 0.165 e. The second-order valence-corrected chi connectivity index (χ2v) is 6.51. The Morgan fingerprint density at radius 1 is 1.05 bits per heavy atom. The van der Waals surface area contributed by atoms with Gasteiger partial charge in [0, 0.05) is 20.0 Å².